The molecule has 0 radical (unpaired) electrons. The first-order chi connectivity index (χ1) is 7.90. The summed E-state index contributed by atoms with van der Waals surface area (Å²) in [5.74, 6) is -0.0376. The first-order valence-corrected chi connectivity index (χ1v) is 6.10. The fourth-order valence-electron chi connectivity index (χ4n) is 1.08. The Morgan fingerprint density at radius 2 is 2.29 bits per heavy atom. The number of hydrogen-bond donors (Lipinski definition) is 0. The van der Waals surface area contributed by atoms with Gasteiger partial charge in [0, 0.05) is 11.1 Å². The van der Waals surface area contributed by atoms with E-state index >= 15 is 0 Å². The largest absolute Gasteiger partial charge is 0.459 e. The Labute approximate surface area is 105 Å². The molecule has 90 valence electrons. The molecule has 0 fully saturated rings. The van der Waals surface area contributed by atoms with Gasteiger partial charge in [0.05, 0.1) is 5.75 Å². The van der Waals surface area contributed by atoms with E-state index in [1.54, 1.807) is 18.3 Å². The van der Waals surface area contributed by atoms with Crippen LogP contribution in [0, 0.1) is 11.3 Å². The highest BCUT2D eigenvalue weighted by Crippen LogP contribution is 2.19. The minimum Gasteiger partial charge on any atom is -0.459 e. The maximum Gasteiger partial charge on any atom is 0.316 e. The maximum absolute atomic E-state index is 11.5. The van der Waals surface area contributed by atoms with Crippen LogP contribution in [0.2, 0.25) is 0 Å². The lowest BCUT2D eigenvalue weighted by Crippen LogP contribution is -2.24. The molecule has 1 aromatic rings. The molecular weight excluding hydrogens is 236 g/mol. The lowest BCUT2D eigenvalue weighted by molar-refractivity contribution is -0.151. The van der Waals surface area contributed by atoms with E-state index in [1.165, 1.54) is 11.8 Å². The topological polar surface area (TPSA) is 63.0 Å². The molecule has 0 spiro atoms. The van der Waals surface area contributed by atoms with Crippen LogP contribution in [0.15, 0.2) is 23.2 Å². The number of hydrogen-bond acceptors (Lipinski definition) is 5. The zero-order valence-corrected chi connectivity index (χ0v) is 10.9. The fraction of sp³-hybridized carbons (Fsp3) is 0.417. The van der Waals surface area contributed by atoms with E-state index in [1.807, 2.05) is 26.8 Å². The van der Waals surface area contributed by atoms with Gasteiger partial charge in [-0.2, -0.15) is 5.26 Å². The van der Waals surface area contributed by atoms with Gasteiger partial charge in [0.1, 0.15) is 17.4 Å². The highest BCUT2D eigenvalue weighted by molar-refractivity contribution is 8.00. The average Bonchev–Trinajstić information content (AvgIpc) is 2.24. The van der Waals surface area contributed by atoms with E-state index in [0.717, 1.165) is 4.90 Å². The van der Waals surface area contributed by atoms with Crippen LogP contribution in [0.1, 0.15) is 26.5 Å². The summed E-state index contributed by atoms with van der Waals surface area (Å²) in [6.07, 6.45) is 1.55. The average molecular weight is 250 g/mol. The Hall–Kier alpha value is -1.54. The fourth-order valence-corrected chi connectivity index (χ4v) is 1.77. The normalized spacial score (nSPS) is 10.7. The number of carbonyl (C=O) groups excluding carboxylic acids is 1. The molecule has 0 aliphatic heterocycles. The Bertz CT molecular complexity index is 447. The van der Waals surface area contributed by atoms with E-state index in [2.05, 4.69) is 4.98 Å². The number of pyridine rings is 1. The molecule has 4 nitrogen and oxygen atoms in total. The van der Waals surface area contributed by atoms with Crippen molar-refractivity contribution in [2.45, 2.75) is 31.3 Å². The minimum atomic E-state index is -0.465. The summed E-state index contributed by atoms with van der Waals surface area (Å²) in [5.41, 5.74) is -0.118. The number of carbonyl (C=O) groups is 1. The van der Waals surface area contributed by atoms with Gasteiger partial charge >= 0.3 is 5.97 Å². The molecule has 0 saturated carbocycles. The number of nitriles is 1. The summed E-state index contributed by atoms with van der Waals surface area (Å²) in [4.78, 5) is 16.2. The Kier molecular flexibility index (Phi) is 4.53. The van der Waals surface area contributed by atoms with E-state index in [4.69, 9.17) is 10.00 Å². The second-order valence-corrected chi connectivity index (χ2v) is 5.41. The minimum absolute atomic E-state index is 0.228. The molecule has 1 rings (SSSR count). The Balaban J connectivity index is 2.51. The number of thioether (sulfide) groups is 1. The van der Waals surface area contributed by atoms with Crippen molar-refractivity contribution in [3.8, 4) is 6.07 Å². The first-order valence-electron chi connectivity index (χ1n) is 5.11. The summed E-state index contributed by atoms with van der Waals surface area (Å²) in [7, 11) is 0. The SMILES string of the molecule is CC(C)(C)OC(=O)CSc1ccnc(C#N)c1. The van der Waals surface area contributed by atoms with Gasteiger partial charge < -0.3 is 4.74 Å². The monoisotopic (exact) mass is 250 g/mol. The molecule has 1 heterocycles. The van der Waals surface area contributed by atoms with Gasteiger partial charge in [0.15, 0.2) is 0 Å². The summed E-state index contributed by atoms with van der Waals surface area (Å²) in [6, 6.07) is 5.36. The van der Waals surface area contributed by atoms with Gasteiger partial charge in [-0.05, 0) is 32.9 Å². The Morgan fingerprint density at radius 3 is 2.88 bits per heavy atom. The quantitative estimate of drug-likeness (QED) is 0.609. The van der Waals surface area contributed by atoms with Crippen LogP contribution < -0.4 is 0 Å². The zero-order chi connectivity index (χ0) is 12.9. The van der Waals surface area contributed by atoms with Crippen molar-refractivity contribution in [1.82, 2.24) is 4.98 Å². The smallest absolute Gasteiger partial charge is 0.316 e. The first kappa shape index (κ1) is 13.5. The molecule has 1 aromatic heterocycles. The molecule has 17 heavy (non-hydrogen) atoms. The zero-order valence-electron chi connectivity index (χ0n) is 10.1. The number of rotatable bonds is 3. The maximum atomic E-state index is 11.5. The van der Waals surface area contributed by atoms with Gasteiger partial charge in [0.2, 0.25) is 0 Å². The van der Waals surface area contributed by atoms with Gasteiger partial charge in [-0.1, -0.05) is 0 Å². The molecule has 0 amide bonds. The molecule has 5 heteroatoms. The van der Waals surface area contributed by atoms with E-state index in [0.29, 0.717) is 5.69 Å². The lowest BCUT2D eigenvalue weighted by Gasteiger charge is -2.19. The highest BCUT2D eigenvalue weighted by atomic mass is 32.2. The summed E-state index contributed by atoms with van der Waals surface area (Å²) in [5, 5.41) is 8.68. The molecule has 0 unspecified atom stereocenters. The van der Waals surface area contributed by atoms with Gasteiger partial charge in [-0.3, -0.25) is 4.79 Å². The number of aromatic nitrogens is 1. The molecule has 0 aliphatic carbocycles. The third kappa shape index (κ3) is 5.36. The van der Waals surface area contributed by atoms with Crippen LogP contribution in [0.3, 0.4) is 0 Å². The lowest BCUT2D eigenvalue weighted by atomic mass is 10.2. The van der Waals surface area contributed by atoms with Gasteiger partial charge in [-0.15, -0.1) is 11.8 Å². The second-order valence-electron chi connectivity index (χ2n) is 4.36. The molecule has 0 aromatic carbocycles. The predicted molar refractivity (Wildman–Crippen MR) is 65.5 cm³/mol. The molecule has 0 N–H and O–H groups in total. The van der Waals surface area contributed by atoms with E-state index in [9.17, 15) is 4.79 Å². The van der Waals surface area contributed by atoms with Crippen LogP contribution in [-0.4, -0.2) is 22.3 Å². The summed E-state index contributed by atoms with van der Waals surface area (Å²) < 4.78 is 5.18. The summed E-state index contributed by atoms with van der Waals surface area (Å²) in [6.45, 7) is 5.49. The third-order valence-electron chi connectivity index (χ3n) is 1.62. The molecule has 0 bridgehead atoms. The van der Waals surface area contributed by atoms with E-state index < -0.39 is 5.60 Å². The standard InChI is InChI=1S/C12H14N2O2S/c1-12(2,3)16-11(15)8-17-10-4-5-14-9(6-10)7-13/h4-6H,8H2,1-3H3. The van der Waals surface area contributed by atoms with Crippen molar-refractivity contribution in [1.29, 1.82) is 5.26 Å². The van der Waals surface area contributed by atoms with E-state index in [-0.39, 0.29) is 11.7 Å². The van der Waals surface area contributed by atoms with Crippen LogP contribution in [0.5, 0.6) is 0 Å². The van der Waals surface area contributed by atoms with Crippen molar-refractivity contribution in [2.24, 2.45) is 0 Å². The number of nitrogens with zero attached hydrogens (tertiary/aromatic N) is 2. The second kappa shape index (κ2) is 5.69. The Morgan fingerprint density at radius 1 is 1.59 bits per heavy atom. The number of esters is 1. The number of ether oxygens (including phenoxy) is 1. The van der Waals surface area contributed by atoms with Crippen LogP contribution in [0.4, 0.5) is 0 Å². The van der Waals surface area contributed by atoms with Crippen LogP contribution in [0.25, 0.3) is 0 Å². The summed E-state index contributed by atoms with van der Waals surface area (Å²) >= 11 is 1.33. The van der Waals surface area contributed by atoms with Crippen molar-refractivity contribution >= 4 is 17.7 Å². The molecule has 0 atom stereocenters. The highest BCUT2D eigenvalue weighted by Gasteiger charge is 2.16. The molecule has 0 aliphatic rings. The third-order valence-corrected chi connectivity index (χ3v) is 2.59. The predicted octanol–water partition coefficient (Wildman–Crippen LogP) is 2.39. The van der Waals surface area contributed by atoms with Crippen LogP contribution >= 0.6 is 11.8 Å². The van der Waals surface area contributed by atoms with Crippen molar-refractivity contribution in [2.75, 3.05) is 5.75 Å². The van der Waals surface area contributed by atoms with Crippen molar-refractivity contribution in [3.63, 3.8) is 0 Å². The molecule has 0 saturated heterocycles. The van der Waals surface area contributed by atoms with Crippen molar-refractivity contribution < 1.29 is 9.53 Å². The van der Waals surface area contributed by atoms with Crippen molar-refractivity contribution in [3.05, 3.63) is 24.0 Å². The van der Waals surface area contributed by atoms with Gasteiger partial charge in [0.25, 0.3) is 0 Å². The van der Waals surface area contributed by atoms with Crippen LogP contribution in [-0.2, 0) is 9.53 Å². The van der Waals surface area contributed by atoms with Gasteiger partial charge in [-0.25, -0.2) is 4.98 Å². The molecular formula is C12H14N2O2S.